The zero-order valence-electron chi connectivity index (χ0n) is 22.2. The summed E-state index contributed by atoms with van der Waals surface area (Å²) in [6.07, 6.45) is -1.23. The highest BCUT2D eigenvalue weighted by Gasteiger charge is 2.36. The van der Waals surface area contributed by atoms with Gasteiger partial charge in [0.2, 0.25) is 20.0 Å². The van der Waals surface area contributed by atoms with Gasteiger partial charge in [-0.25, -0.2) is 26.3 Å². The van der Waals surface area contributed by atoms with Gasteiger partial charge in [-0.05, 0) is 23.3 Å². The van der Waals surface area contributed by atoms with Crippen molar-refractivity contribution in [2.75, 3.05) is 5.32 Å². The smallest absolute Gasteiger partial charge is 0.305 e. The van der Waals surface area contributed by atoms with Gasteiger partial charge in [0.1, 0.15) is 4.90 Å². The normalized spacial score (nSPS) is 14.3. The van der Waals surface area contributed by atoms with E-state index in [1.807, 2.05) is 0 Å². The molecule has 0 bridgehead atoms. The molecule has 0 unspecified atom stereocenters. The van der Waals surface area contributed by atoms with E-state index in [0.717, 1.165) is 6.07 Å². The molecular formula is C29H25N3O9S2. The maximum absolute atomic E-state index is 13.9. The summed E-state index contributed by atoms with van der Waals surface area (Å²) < 4.78 is 60.3. The number of hydrogen-bond donors (Lipinski definition) is 5. The molecule has 0 aliphatic carbocycles. The van der Waals surface area contributed by atoms with Gasteiger partial charge in [0.25, 0.3) is 5.91 Å². The van der Waals surface area contributed by atoms with E-state index in [9.17, 15) is 41.4 Å². The van der Waals surface area contributed by atoms with Crippen LogP contribution in [0.2, 0.25) is 0 Å². The molecule has 0 saturated heterocycles. The number of rotatable bonds is 12. The fourth-order valence-corrected chi connectivity index (χ4v) is 7.97. The summed E-state index contributed by atoms with van der Waals surface area (Å²) in [5, 5.41) is 21.5. The summed E-state index contributed by atoms with van der Waals surface area (Å²) in [4.78, 5) is 35.0. The quantitative estimate of drug-likeness (QED) is 0.157. The molecule has 222 valence electrons. The van der Waals surface area contributed by atoms with Crippen molar-refractivity contribution in [2.45, 2.75) is 34.7 Å². The van der Waals surface area contributed by atoms with Gasteiger partial charge in [0.15, 0.2) is 0 Å². The van der Waals surface area contributed by atoms with E-state index >= 15 is 0 Å². The van der Waals surface area contributed by atoms with Gasteiger partial charge in [-0.15, -0.1) is 0 Å². The van der Waals surface area contributed by atoms with Crippen molar-refractivity contribution in [3.63, 3.8) is 0 Å². The Bertz CT molecular complexity index is 1960. The molecule has 5 N–H and O–H groups in total. The van der Waals surface area contributed by atoms with E-state index in [2.05, 4.69) is 14.8 Å². The number of carboxylic acid groups (broad SMARTS) is 2. The van der Waals surface area contributed by atoms with Crippen LogP contribution in [0.25, 0.3) is 10.8 Å². The molecule has 12 nitrogen and oxygen atoms in total. The van der Waals surface area contributed by atoms with Crippen molar-refractivity contribution in [1.82, 2.24) is 9.44 Å². The van der Waals surface area contributed by atoms with Gasteiger partial charge in [0, 0.05) is 16.3 Å². The topological polar surface area (TPSA) is 196 Å². The van der Waals surface area contributed by atoms with Crippen LogP contribution in [-0.4, -0.2) is 44.9 Å². The van der Waals surface area contributed by atoms with Crippen molar-refractivity contribution in [2.24, 2.45) is 0 Å². The van der Waals surface area contributed by atoms with Gasteiger partial charge in [-0.2, -0.15) is 0 Å². The Hall–Kier alpha value is -4.63. The molecule has 0 aromatic heterocycles. The van der Waals surface area contributed by atoms with Gasteiger partial charge in [-0.3, -0.25) is 14.4 Å². The molecule has 5 rings (SSSR count). The number of amides is 1. The number of carboxylic acids is 2. The molecule has 4 aromatic carbocycles. The Morgan fingerprint density at radius 3 is 1.67 bits per heavy atom. The first-order valence-corrected chi connectivity index (χ1v) is 15.8. The number of hydrogen-bond acceptors (Lipinski definition) is 7. The minimum Gasteiger partial charge on any atom is -0.481 e. The van der Waals surface area contributed by atoms with Crippen molar-refractivity contribution in [1.29, 1.82) is 0 Å². The third-order valence-corrected chi connectivity index (χ3v) is 9.91. The lowest BCUT2D eigenvalue weighted by atomic mass is 10.1. The standard InChI is InChI=1S/C29H25N3O9S2/c33-25(34)14-21(17-8-3-1-4-9-17)31-42(38,39)23-16-24(28-27-19(23)12-7-13-20(27)29(37)30-28)43(40,41)32-22(15-26(35)36)18-10-5-2-6-11-18/h1-13,16,21-22,31-32H,14-15H2,(H,30,37)(H,33,34)(H,35,36)/t21-,22-/m1/s1. The van der Waals surface area contributed by atoms with Crippen LogP contribution in [0.1, 0.15) is 46.4 Å². The summed E-state index contributed by atoms with van der Waals surface area (Å²) in [6, 6.07) is 18.7. The van der Waals surface area contributed by atoms with Crippen LogP contribution in [0.5, 0.6) is 0 Å². The van der Waals surface area contributed by atoms with Crippen LogP contribution in [-0.2, 0) is 29.6 Å². The third kappa shape index (κ3) is 6.12. The molecule has 0 spiro atoms. The van der Waals surface area contributed by atoms with Gasteiger partial charge in [0.05, 0.1) is 35.5 Å². The van der Waals surface area contributed by atoms with E-state index in [0.29, 0.717) is 11.1 Å². The lowest BCUT2D eigenvalue weighted by Gasteiger charge is -2.21. The van der Waals surface area contributed by atoms with Gasteiger partial charge >= 0.3 is 11.9 Å². The maximum atomic E-state index is 13.9. The molecule has 1 amide bonds. The van der Waals surface area contributed by atoms with Crippen LogP contribution >= 0.6 is 0 Å². The van der Waals surface area contributed by atoms with Crippen LogP contribution in [0.4, 0.5) is 5.69 Å². The second kappa shape index (κ2) is 11.6. The van der Waals surface area contributed by atoms with Crippen LogP contribution in [0, 0.1) is 0 Å². The molecule has 1 aliphatic rings. The van der Waals surface area contributed by atoms with Crippen LogP contribution < -0.4 is 14.8 Å². The van der Waals surface area contributed by atoms with Crippen molar-refractivity contribution in [3.8, 4) is 0 Å². The number of sulfonamides is 2. The minimum absolute atomic E-state index is 0.0320. The van der Waals surface area contributed by atoms with Crippen molar-refractivity contribution >= 4 is 54.4 Å². The number of benzene rings is 4. The Morgan fingerprint density at radius 1 is 0.698 bits per heavy atom. The van der Waals surface area contributed by atoms with Gasteiger partial charge in [-0.1, -0.05) is 72.8 Å². The maximum Gasteiger partial charge on any atom is 0.305 e. The molecule has 0 saturated carbocycles. The second-order valence-corrected chi connectivity index (χ2v) is 13.2. The number of nitrogens with one attached hydrogen (secondary N) is 3. The predicted octanol–water partition coefficient (Wildman–Crippen LogP) is 3.39. The lowest BCUT2D eigenvalue weighted by molar-refractivity contribution is -0.138. The Balaban J connectivity index is 1.67. The van der Waals surface area contributed by atoms with Crippen LogP contribution in [0.15, 0.2) is 94.7 Å². The molecule has 0 radical (unpaired) electrons. The molecule has 0 fully saturated rings. The number of carbonyl (C=O) groups is 3. The highest BCUT2D eigenvalue weighted by Crippen LogP contribution is 2.42. The fraction of sp³-hybridized carbons (Fsp3) is 0.138. The monoisotopic (exact) mass is 623 g/mol. The fourth-order valence-electron chi connectivity index (χ4n) is 5.02. The summed E-state index contributed by atoms with van der Waals surface area (Å²) >= 11 is 0. The van der Waals surface area contributed by atoms with Crippen molar-refractivity contribution < 1.29 is 41.4 Å². The molecule has 2 atom stereocenters. The molecule has 14 heteroatoms. The summed E-state index contributed by atoms with van der Waals surface area (Å²) in [6.45, 7) is 0. The Morgan fingerprint density at radius 2 is 1.19 bits per heavy atom. The predicted molar refractivity (Wildman–Crippen MR) is 155 cm³/mol. The molecule has 4 aromatic rings. The zero-order valence-corrected chi connectivity index (χ0v) is 23.9. The summed E-state index contributed by atoms with van der Waals surface area (Å²) in [5.74, 6) is -3.21. The van der Waals surface area contributed by atoms with Gasteiger partial charge < -0.3 is 15.5 Å². The van der Waals surface area contributed by atoms with E-state index in [1.165, 1.54) is 18.2 Å². The number of anilines is 1. The average molecular weight is 624 g/mol. The Labute approximate surface area is 246 Å². The summed E-state index contributed by atoms with van der Waals surface area (Å²) in [7, 11) is -9.30. The van der Waals surface area contributed by atoms with E-state index in [1.54, 1.807) is 60.7 Å². The molecule has 43 heavy (non-hydrogen) atoms. The highest BCUT2D eigenvalue weighted by molar-refractivity contribution is 7.90. The lowest BCUT2D eigenvalue weighted by Crippen LogP contribution is -2.32. The molecule has 1 aliphatic heterocycles. The first-order chi connectivity index (χ1) is 20.4. The Kier molecular flexibility index (Phi) is 8.03. The first kappa shape index (κ1) is 29.8. The molecule has 1 heterocycles. The minimum atomic E-state index is -4.67. The first-order valence-electron chi connectivity index (χ1n) is 12.9. The molecular weight excluding hydrogens is 598 g/mol. The number of carbonyl (C=O) groups excluding carboxylic acids is 1. The highest BCUT2D eigenvalue weighted by atomic mass is 32.2. The number of aliphatic carboxylic acids is 2. The third-order valence-electron chi connectivity index (χ3n) is 6.91. The second-order valence-electron chi connectivity index (χ2n) is 9.79. The van der Waals surface area contributed by atoms with E-state index < -0.39 is 72.6 Å². The van der Waals surface area contributed by atoms with Crippen LogP contribution in [0.3, 0.4) is 0 Å². The van der Waals surface area contributed by atoms with E-state index in [-0.39, 0.29) is 22.0 Å². The van der Waals surface area contributed by atoms with Crippen molar-refractivity contribution in [3.05, 3.63) is 102 Å². The SMILES string of the molecule is O=C(O)C[C@@H](NS(=O)(=O)c1cc(S(=O)(=O)N[C@H](CC(=O)O)c2ccccc2)c2cccc3c2c1NC3=O)c1ccccc1. The van der Waals surface area contributed by atoms with E-state index in [4.69, 9.17) is 0 Å². The zero-order chi connectivity index (χ0) is 30.9. The average Bonchev–Trinajstić information content (AvgIpc) is 3.29. The summed E-state index contributed by atoms with van der Waals surface area (Å²) in [5.41, 5.74) is 0.597. The largest absolute Gasteiger partial charge is 0.481 e.